The minimum absolute atomic E-state index is 0.0463. The Balaban J connectivity index is 3.23. The molecule has 0 bridgehead atoms. The molecular formula is C6H7N2O2S-. The molecule has 1 unspecified atom stereocenters. The monoisotopic (exact) mass is 171 g/mol. The van der Waals surface area contributed by atoms with Crippen LogP contribution in [0, 0.1) is 0 Å². The molecule has 5 heteroatoms. The first kappa shape index (κ1) is 8.03. The SMILES string of the molecule is Nc1ccc(N)c(S(=O)[O-])c1. The van der Waals surface area contributed by atoms with E-state index in [0.717, 1.165) is 0 Å². The normalized spacial score (nSPS) is 12.8. The Labute approximate surface area is 66.5 Å². The summed E-state index contributed by atoms with van der Waals surface area (Å²) < 4.78 is 20.9. The molecule has 60 valence electrons. The van der Waals surface area contributed by atoms with Gasteiger partial charge in [0.25, 0.3) is 0 Å². The molecule has 0 spiro atoms. The van der Waals surface area contributed by atoms with Gasteiger partial charge >= 0.3 is 0 Å². The van der Waals surface area contributed by atoms with Gasteiger partial charge in [-0.15, -0.1) is 0 Å². The van der Waals surface area contributed by atoms with Crippen molar-refractivity contribution in [2.24, 2.45) is 0 Å². The van der Waals surface area contributed by atoms with Crippen LogP contribution in [0.1, 0.15) is 0 Å². The van der Waals surface area contributed by atoms with Crippen LogP contribution < -0.4 is 11.5 Å². The fourth-order valence-electron chi connectivity index (χ4n) is 0.695. The van der Waals surface area contributed by atoms with Crippen molar-refractivity contribution in [2.45, 2.75) is 4.90 Å². The molecule has 0 amide bonds. The van der Waals surface area contributed by atoms with Crippen molar-refractivity contribution in [2.75, 3.05) is 11.5 Å². The summed E-state index contributed by atoms with van der Waals surface area (Å²) in [7, 11) is 0. The Kier molecular flexibility index (Phi) is 2.11. The standard InChI is InChI=1S/C6H8N2O2S/c7-4-1-2-5(8)6(3-4)11(9)10/h1-3H,7-8H2,(H,9,10)/p-1. The van der Waals surface area contributed by atoms with Crippen molar-refractivity contribution in [1.82, 2.24) is 0 Å². The van der Waals surface area contributed by atoms with Crippen molar-refractivity contribution in [3.63, 3.8) is 0 Å². The first-order chi connectivity index (χ1) is 5.11. The molecule has 11 heavy (non-hydrogen) atoms. The van der Waals surface area contributed by atoms with Crippen LogP contribution >= 0.6 is 0 Å². The highest BCUT2D eigenvalue weighted by molar-refractivity contribution is 7.79. The zero-order valence-electron chi connectivity index (χ0n) is 5.61. The van der Waals surface area contributed by atoms with Crippen LogP contribution in [0.4, 0.5) is 11.4 Å². The molecule has 1 aromatic rings. The van der Waals surface area contributed by atoms with Gasteiger partial charge in [-0.25, -0.2) is 0 Å². The number of nitrogens with two attached hydrogens (primary N) is 2. The molecule has 0 aliphatic heterocycles. The quantitative estimate of drug-likeness (QED) is 0.462. The number of hydrogen-bond acceptors (Lipinski definition) is 4. The van der Waals surface area contributed by atoms with Gasteiger partial charge < -0.3 is 16.0 Å². The van der Waals surface area contributed by atoms with Gasteiger partial charge in [-0.1, -0.05) is 0 Å². The Bertz CT molecular complexity index is 301. The van der Waals surface area contributed by atoms with E-state index in [2.05, 4.69) is 0 Å². The maximum Gasteiger partial charge on any atom is 0.0498 e. The average Bonchev–Trinajstić information content (AvgIpc) is 1.94. The number of rotatable bonds is 1. The largest absolute Gasteiger partial charge is 0.768 e. The molecule has 0 aromatic heterocycles. The van der Waals surface area contributed by atoms with Gasteiger partial charge in [0.05, 0.1) is 0 Å². The molecule has 0 saturated carbocycles. The van der Waals surface area contributed by atoms with Crippen molar-refractivity contribution in [3.05, 3.63) is 18.2 Å². The summed E-state index contributed by atoms with van der Waals surface area (Å²) >= 11 is -2.31. The lowest BCUT2D eigenvalue weighted by Crippen LogP contribution is -1.98. The van der Waals surface area contributed by atoms with E-state index in [0.29, 0.717) is 5.69 Å². The van der Waals surface area contributed by atoms with Gasteiger partial charge in [-0.2, -0.15) is 0 Å². The van der Waals surface area contributed by atoms with Crippen LogP contribution in [-0.4, -0.2) is 8.76 Å². The lowest BCUT2D eigenvalue weighted by atomic mass is 10.3. The maximum absolute atomic E-state index is 10.4. The van der Waals surface area contributed by atoms with E-state index in [4.69, 9.17) is 11.5 Å². The minimum Gasteiger partial charge on any atom is -0.768 e. The molecule has 1 aromatic carbocycles. The number of benzene rings is 1. The molecule has 0 radical (unpaired) electrons. The fraction of sp³-hybridized carbons (Fsp3) is 0. The minimum atomic E-state index is -2.31. The molecule has 4 N–H and O–H groups in total. The van der Waals surface area contributed by atoms with E-state index in [1.54, 1.807) is 6.07 Å². The third-order valence-electron chi connectivity index (χ3n) is 1.22. The van der Waals surface area contributed by atoms with Crippen molar-refractivity contribution < 1.29 is 8.76 Å². The van der Waals surface area contributed by atoms with E-state index in [1.807, 2.05) is 0 Å². The van der Waals surface area contributed by atoms with E-state index in [9.17, 15) is 8.76 Å². The van der Waals surface area contributed by atoms with Crippen LogP contribution in [0.5, 0.6) is 0 Å². The lowest BCUT2D eigenvalue weighted by Gasteiger charge is -2.08. The van der Waals surface area contributed by atoms with Gasteiger partial charge in [0, 0.05) is 16.3 Å². The second kappa shape index (κ2) is 2.89. The smallest absolute Gasteiger partial charge is 0.0498 e. The van der Waals surface area contributed by atoms with Gasteiger partial charge in [-0.05, 0) is 29.3 Å². The molecular weight excluding hydrogens is 164 g/mol. The average molecular weight is 171 g/mol. The van der Waals surface area contributed by atoms with Gasteiger partial charge in [0.1, 0.15) is 0 Å². The van der Waals surface area contributed by atoms with Crippen LogP contribution in [0.2, 0.25) is 0 Å². The zero-order chi connectivity index (χ0) is 8.43. The lowest BCUT2D eigenvalue weighted by molar-refractivity contribution is 0.537. The Morgan fingerprint density at radius 3 is 2.45 bits per heavy atom. The summed E-state index contributed by atoms with van der Waals surface area (Å²) in [6.45, 7) is 0. The van der Waals surface area contributed by atoms with Crippen molar-refractivity contribution >= 4 is 22.5 Å². The fourth-order valence-corrected chi connectivity index (χ4v) is 1.19. The second-order valence-corrected chi connectivity index (χ2v) is 2.94. The van der Waals surface area contributed by atoms with E-state index in [-0.39, 0.29) is 10.6 Å². The second-order valence-electron chi connectivity index (χ2n) is 2.03. The van der Waals surface area contributed by atoms with E-state index < -0.39 is 11.1 Å². The van der Waals surface area contributed by atoms with Crippen LogP contribution in [0.25, 0.3) is 0 Å². The van der Waals surface area contributed by atoms with Crippen molar-refractivity contribution in [3.8, 4) is 0 Å². The Hall–Kier alpha value is -1.07. The first-order valence-corrected chi connectivity index (χ1v) is 3.93. The van der Waals surface area contributed by atoms with Crippen LogP contribution in [-0.2, 0) is 11.1 Å². The summed E-state index contributed by atoms with van der Waals surface area (Å²) in [5.41, 5.74) is 11.3. The molecule has 4 nitrogen and oxygen atoms in total. The van der Waals surface area contributed by atoms with E-state index in [1.165, 1.54) is 12.1 Å². The predicted octanol–water partition coefficient (Wildman–Crippen LogP) is 0.0890. The first-order valence-electron chi connectivity index (χ1n) is 2.85. The summed E-state index contributed by atoms with van der Waals surface area (Å²) in [5.74, 6) is 0. The summed E-state index contributed by atoms with van der Waals surface area (Å²) in [5, 5.41) is 0. The highest BCUT2D eigenvalue weighted by Crippen LogP contribution is 2.17. The summed E-state index contributed by atoms with van der Waals surface area (Å²) in [6, 6.07) is 4.32. The predicted molar refractivity (Wildman–Crippen MR) is 42.5 cm³/mol. The maximum atomic E-state index is 10.4. The van der Waals surface area contributed by atoms with Crippen LogP contribution in [0.15, 0.2) is 23.1 Å². The number of anilines is 2. The molecule has 1 atom stereocenters. The van der Waals surface area contributed by atoms with Gasteiger partial charge in [0.2, 0.25) is 0 Å². The molecule has 0 aliphatic carbocycles. The molecule has 0 aliphatic rings. The van der Waals surface area contributed by atoms with Gasteiger partial charge in [-0.3, -0.25) is 4.21 Å². The summed E-state index contributed by atoms with van der Waals surface area (Å²) in [6.07, 6.45) is 0. The van der Waals surface area contributed by atoms with Crippen molar-refractivity contribution in [1.29, 1.82) is 0 Å². The third kappa shape index (κ3) is 1.69. The Morgan fingerprint density at radius 1 is 1.36 bits per heavy atom. The highest BCUT2D eigenvalue weighted by atomic mass is 32.2. The van der Waals surface area contributed by atoms with Gasteiger partial charge in [0.15, 0.2) is 0 Å². The van der Waals surface area contributed by atoms with E-state index >= 15 is 0 Å². The summed E-state index contributed by atoms with van der Waals surface area (Å²) in [4.78, 5) is 0.0463. The highest BCUT2D eigenvalue weighted by Gasteiger charge is 1.98. The number of hydrogen-bond donors (Lipinski definition) is 2. The van der Waals surface area contributed by atoms with Crippen LogP contribution in [0.3, 0.4) is 0 Å². The third-order valence-corrected chi connectivity index (χ3v) is 1.93. The topological polar surface area (TPSA) is 92.2 Å². The molecule has 0 heterocycles. The Morgan fingerprint density at radius 2 is 2.00 bits per heavy atom. The molecule has 1 rings (SSSR count). The molecule has 0 saturated heterocycles. The molecule has 0 fully saturated rings. The zero-order valence-corrected chi connectivity index (χ0v) is 6.43. The number of nitrogen functional groups attached to an aromatic ring is 2.